The minimum absolute atomic E-state index is 0.203. The summed E-state index contributed by atoms with van der Waals surface area (Å²) in [5, 5.41) is 4.66. The summed E-state index contributed by atoms with van der Waals surface area (Å²) in [6, 6.07) is 9.47. The molecule has 3 amide bonds. The first-order chi connectivity index (χ1) is 12.1. The van der Waals surface area contributed by atoms with Gasteiger partial charge < -0.3 is 5.32 Å². The minimum Gasteiger partial charge on any atom is -0.341 e. The third-order valence-electron chi connectivity index (χ3n) is 6.15. The van der Waals surface area contributed by atoms with E-state index in [9.17, 15) is 9.59 Å². The summed E-state index contributed by atoms with van der Waals surface area (Å²) in [5.41, 5.74) is 0.990. The fourth-order valence-electron chi connectivity index (χ4n) is 5.57. The molecule has 4 aliphatic carbocycles. The van der Waals surface area contributed by atoms with Crippen LogP contribution < -0.4 is 10.6 Å². The van der Waals surface area contributed by atoms with Gasteiger partial charge in [0.15, 0.2) is 0 Å². The Balaban J connectivity index is 1.58. The van der Waals surface area contributed by atoms with E-state index in [2.05, 4.69) is 10.6 Å². The zero-order valence-corrected chi connectivity index (χ0v) is 15.5. The van der Waals surface area contributed by atoms with Gasteiger partial charge in [0.2, 0.25) is 5.91 Å². The standard InChI is InChI=1S/C20H26N2O2S/c1-21-19(24)22-18(23)17(16-5-3-2-4-6-16)25-20-10-13-7-14(11-20)9-15(8-13)12-20/h2-6,13-15,17H,7-12H2,1H3,(H2,21,22,23,24)/t13?,14?,15?,17-,20?/m1/s1. The second-order valence-corrected chi connectivity index (χ2v) is 9.65. The van der Waals surface area contributed by atoms with Gasteiger partial charge in [0.05, 0.1) is 0 Å². The maximum absolute atomic E-state index is 12.8. The summed E-state index contributed by atoms with van der Waals surface area (Å²) in [5.74, 6) is 2.33. The Morgan fingerprint density at radius 1 is 1.04 bits per heavy atom. The van der Waals surface area contributed by atoms with Crippen molar-refractivity contribution in [3.05, 3.63) is 35.9 Å². The molecule has 134 valence electrons. The number of imide groups is 1. The summed E-state index contributed by atoms with van der Waals surface area (Å²) in [6.07, 6.45) is 7.88. The van der Waals surface area contributed by atoms with Crippen LogP contribution in [0.2, 0.25) is 0 Å². The van der Waals surface area contributed by atoms with Gasteiger partial charge in [-0.2, -0.15) is 0 Å². The lowest BCUT2D eigenvalue weighted by atomic mass is 9.56. The smallest absolute Gasteiger partial charge is 0.321 e. The van der Waals surface area contributed by atoms with E-state index in [1.165, 1.54) is 45.6 Å². The van der Waals surface area contributed by atoms with Gasteiger partial charge in [-0.15, -0.1) is 11.8 Å². The van der Waals surface area contributed by atoms with Crippen LogP contribution in [0.4, 0.5) is 4.79 Å². The van der Waals surface area contributed by atoms with Crippen LogP contribution in [0.25, 0.3) is 0 Å². The van der Waals surface area contributed by atoms with Crippen LogP contribution in [0.15, 0.2) is 30.3 Å². The van der Waals surface area contributed by atoms with Crippen LogP contribution in [0.1, 0.15) is 49.3 Å². The molecule has 4 bridgehead atoms. The highest BCUT2D eigenvalue weighted by atomic mass is 32.2. The average Bonchev–Trinajstić information content (AvgIpc) is 2.59. The zero-order valence-electron chi connectivity index (χ0n) is 14.7. The Hall–Kier alpha value is -1.49. The van der Waals surface area contributed by atoms with Crippen molar-refractivity contribution in [2.75, 3.05) is 7.05 Å². The molecule has 1 atom stereocenters. The quantitative estimate of drug-likeness (QED) is 0.858. The molecule has 1 aromatic carbocycles. The maximum atomic E-state index is 12.8. The van der Waals surface area contributed by atoms with Crippen LogP contribution in [0.3, 0.4) is 0 Å². The lowest BCUT2D eigenvalue weighted by Gasteiger charge is -2.57. The molecule has 0 aromatic heterocycles. The van der Waals surface area contributed by atoms with E-state index in [0.717, 1.165) is 23.3 Å². The second-order valence-electron chi connectivity index (χ2n) is 8.08. The predicted molar refractivity (Wildman–Crippen MR) is 100 cm³/mol. The molecule has 1 aromatic rings. The molecule has 0 spiro atoms. The third-order valence-corrected chi connectivity index (χ3v) is 7.88. The van der Waals surface area contributed by atoms with Gasteiger partial charge in [-0.05, 0) is 61.8 Å². The highest BCUT2D eigenvalue weighted by Gasteiger charge is 2.52. The van der Waals surface area contributed by atoms with Crippen LogP contribution >= 0.6 is 11.8 Å². The van der Waals surface area contributed by atoms with Crippen molar-refractivity contribution in [1.29, 1.82) is 0 Å². The van der Waals surface area contributed by atoms with Gasteiger partial charge in [0.25, 0.3) is 0 Å². The molecule has 5 rings (SSSR count). The van der Waals surface area contributed by atoms with Crippen molar-refractivity contribution in [2.24, 2.45) is 17.8 Å². The average molecular weight is 359 g/mol. The van der Waals surface area contributed by atoms with E-state index < -0.39 is 6.03 Å². The SMILES string of the molecule is CNC(=O)NC(=O)[C@H](SC12CC3CC(CC(C3)C1)C2)c1ccccc1. The highest BCUT2D eigenvalue weighted by molar-refractivity contribution is 8.01. The van der Waals surface area contributed by atoms with Crippen LogP contribution in [-0.4, -0.2) is 23.7 Å². The molecule has 4 fully saturated rings. The van der Waals surface area contributed by atoms with Gasteiger partial charge in [0, 0.05) is 11.8 Å². The van der Waals surface area contributed by atoms with E-state index in [4.69, 9.17) is 0 Å². The number of nitrogens with one attached hydrogen (secondary N) is 2. The first-order valence-electron chi connectivity index (χ1n) is 9.32. The number of hydrogen-bond acceptors (Lipinski definition) is 3. The first kappa shape index (κ1) is 17.0. The van der Waals surface area contributed by atoms with Crippen molar-refractivity contribution >= 4 is 23.7 Å². The number of carbonyl (C=O) groups excluding carboxylic acids is 2. The van der Waals surface area contributed by atoms with Gasteiger partial charge in [-0.1, -0.05) is 30.3 Å². The number of amides is 3. The van der Waals surface area contributed by atoms with Gasteiger partial charge in [-0.3, -0.25) is 10.1 Å². The Labute approximate surface area is 153 Å². The number of hydrogen-bond donors (Lipinski definition) is 2. The second kappa shape index (κ2) is 6.67. The first-order valence-corrected chi connectivity index (χ1v) is 10.2. The lowest BCUT2D eigenvalue weighted by Crippen LogP contribution is -2.49. The largest absolute Gasteiger partial charge is 0.341 e. The molecular formula is C20H26N2O2S. The van der Waals surface area contributed by atoms with Crippen molar-refractivity contribution in [3.8, 4) is 0 Å². The Bertz CT molecular complexity index is 626. The molecular weight excluding hydrogens is 332 g/mol. The summed E-state index contributed by atoms with van der Waals surface area (Å²) in [7, 11) is 1.53. The topological polar surface area (TPSA) is 58.2 Å². The summed E-state index contributed by atoms with van der Waals surface area (Å²) < 4.78 is 0.218. The molecule has 4 nitrogen and oxygen atoms in total. The van der Waals surface area contributed by atoms with Crippen molar-refractivity contribution in [2.45, 2.75) is 48.5 Å². The fraction of sp³-hybridized carbons (Fsp3) is 0.600. The molecule has 4 aliphatic rings. The van der Waals surface area contributed by atoms with E-state index in [1.54, 1.807) is 0 Å². The molecule has 0 saturated heterocycles. The van der Waals surface area contributed by atoms with Crippen LogP contribution in [-0.2, 0) is 4.79 Å². The molecule has 0 radical (unpaired) electrons. The fourth-order valence-corrected chi connectivity index (χ4v) is 7.52. The van der Waals surface area contributed by atoms with Crippen molar-refractivity contribution < 1.29 is 9.59 Å². The molecule has 25 heavy (non-hydrogen) atoms. The number of benzene rings is 1. The van der Waals surface area contributed by atoms with E-state index >= 15 is 0 Å². The highest BCUT2D eigenvalue weighted by Crippen LogP contribution is 2.62. The van der Waals surface area contributed by atoms with E-state index in [1.807, 2.05) is 42.1 Å². The molecule has 0 unspecified atom stereocenters. The normalized spacial score (nSPS) is 33.7. The van der Waals surface area contributed by atoms with Gasteiger partial charge >= 0.3 is 6.03 Å². The predicted octanol–water partition coefficient (Wildman–Crippen LogP) is 3.89. The monoisotopic (exact) mass is 358 g/mol. The number of rotatable bonds is 4. The van der Waals surface area contributed by atoms with Crippen molar-refractivity contribution in [3.63, 3.8) is 0 Å². The molecule has 0 aliphatic heterocycles. The minimum atomic E-state index is -0.433. The molecule has 2 N–H and O–H groups in total. The van der Waals surface area contributed by atoms with Crippen LogP contribution in [0.5, 0.6) is 0 Å². The summed E-state index contributed by atoms with van der Waals surface area (Å²) in [4.78, 5) is 24.5. The van der Waals surface area contributed by atoms with E-state index in [-0.39, 0.29) is 15.9 Å². The maximum Gasteiger partial charge on any atom is 0.321 e. The molecule has 0 heterocycles. The Morgan fingerprint density at radius 3 is 2.12 bits per heavy atom. The Kier molecular flexibility index (Phi) is 4.52. The number of thioether (sulfide) groups is 1. The third kappa shape index (κ3) is 3.43. The van der Waals surface area contributed by atoms with Crippen LogP contribution in [0, 0.1) is 17.8 Å². The number of carbonyl (C=O) groups is 2. The van der Waals surface area contributed by atoms with E-state index in [0.29, 0.717) is 0 Å². The summed E-state index contributed by atoms with van der Waals surface area (Å²) >= 11 is 1.82. The van der Waals surface area contributed by atoms with Gasteiger partial charge in [-0.25, -0.2) is 4.79 Å². The van der Waals surface area contributed by atoms with Gasteiger partial charge in [0.1, 0.15) is 5.25 Å². The Morgan fingerprint density at radius 2 is 1.60 bits per heavy atom. The number of urea groups is 1. The summed E-state index contributed by atoms with van der Waals surface area (Å²) in [6.45, 7) is 0. The molecule has 5 heteroatoms. The molecule has 4 saturated carbocycles. The lowest BCUT2D eigenvalue weighted by molar-refractivity contribution is -0.119. The zero-order chi connectivity index (χ0) is 17.4. The van der Waals surface area contributed by atoms with Crippen molar-refractivity contribution in [1.82, 2.24) is 10.6 Å².